The lowest BCUT2D eigenvalue weighted by Gasteiger charge is -2.13. The molecule has 0 saturated heterocycles. The summed E-state index contributed by atoms with van der Waals surface area (Å²) in [6, 6.07) is 13.3. The Labute approximate surface area is 136 Å². The molecule has 0 fully saturated rings. The van der Waals surface area contributed by atoms with Gasteiger partial charge in [-0.1, -0.05) is 42.5 Å². The molecule has 0 aromatic heterocycles. The summed E-state index contributed by atoms with van der Waals surface area (Å²) < 4.78 is 15.8. The second-order valence-corrected chi connectivity index (χ2v) is 4.76. The standard InChI is InChI=1S/C19H20O4/c1-4-23-17-13-16(21-2)12-15(18(17)19(20)22-3)11-10-14-8-6-5-7-9-14/h5-13H,4H2,1-3H3/b11-10+. The molecule has 0 atom stereocenters. The molecule has 0 aliphatic heterocycles. The Bertz CT molecular complexity index is 690. The van der Waals surface area contributed by atoms with Gasteiger partial charge in [0.15, 0.2) is 0 Å². The molecule has 0 heterocycles. The summed E-state index contributed by atoms with van der Waals surface area (Å²) in [4.78, 5) is 12.2. The molecular weight excluding hydrogens is 292 g/mol. The van der Waals surface area contributed by atoms with Crippen molar-refractivity contribution < 1.29 is 19.0 Å². The maximum atomic E-state index is 12.2. The van der Waals surface area contributed by atoms with Gasteiger partial charge in [-0.2, -0.15) is 0 Å². The Morgan fingerprint density at radius 1 is 1.09 bits per heavy atom. The predicted molar refractivity (Wildman–Crippen MR) is 90.9 cm³/mol. The monoisotopic (exact) mass is 312 g/mol. The minimum atomic E-state index is -0.441. The van der Waals surface area contributed by atoms with Gasteiger partial charge in [0.05, 0.1) is 20.8 Å². The van der Waals surface area contributed by atoms with Gasteiger partial charge in [0, 0.05) is 6.07 Å². The van der Waals surface area contributed by atoms with Gasteiger partial charge in [0.2, 0.25) is 0 Å². The second-order valence-electron chi connectivity index (χ2n) is 4.76. The Morgan fingerprint density at radius 3 is 2.43 bits per heavy atom. The molecule has 2 aromatic rings. The van der Waals surface area contributed by atoms with E-state index in [1.165, 1.54) is 7.11 Å². The smallest absolute Gasteiger partial charge is 0.342 e. The summed E-state index contributed by atoms with van der Waals surface area (Å²) >= 11 is 0. The van der Waals surface area contributed by atoms with Crippen LogP contribution in [0.5, 0.6) is 11.5 Å². The zero-order valence-corrected chi connectivity index (χ0v) is 13.5. The van der Waals surface area contributed by atoms with Crippen LogP contribution in [0.3, 0.4) is 0 Å². The molecule has 0 unspecified atom stereocenters. The van der Waals surface area contributed by atoms with Crippen molar-refractivity contribution in [2.24, 2.45) is 0 Å². The first-order chi connectivity index (χ1) is 11.2. The number of carbonyl (C=O) groups excluding carboxylic acids is 1. The highest BCUT2D eigenvalue weighted by atomic mass is 16.5. The minimum absolute atomic E-state index is 0.391. The fraction of sp³-hybridized carbons (Fsp3) is 0.211. The van der Waals surface area contributed by atoms with Gasteiger partial charge in [-0.05, 0) is 24.1 Å². The first-order valence-corrected chi connectivity index (χ1v) is 7.35. The van der Waals surface area contributed by atoms with E-state index in [-0.39, 0.29) is 0 Å². The third-order valence-electron chi connectivity index (χ3n) is 3.29. The van der Waals surface area contributed by atoms with Crippen molar-refractivity contribution in [1.82, 2.24) is 0 Å². The zero-order valence-electron chi connectivity index (χ0n) is 13.5. The van der Waals surface area contributed by atoms with Crippen molar-refractivity contribution in [1.29, 1.82) is 0 Å². The van der Waals surface area contributed by atoms with Gasteiger partial charge < -0.3 is 14.2 Å². The van der Waals surface area contributed by atoms with E-state index in [1.54, 1.807) is 19.2 Å². The van der Waals surface area contributed by atoms with Crippen LogP contribution in [0, 0.1) is 0 Å². The SMILES string of the molecule is CCOc1cc(OC)cc(/C=C/c2ccccc2)c1C(=O)OC. The third-order valence-corrected chi connectivity index (χ3v) is 3.29. The lowest BCUT2D eigenvalue weighted by Crippen LogP contribution is -2.08. The molecule has 2 aromatic carbocycles. The molecule has 0 N–H and O–H groups in total. The van der Waals surface area contributed by atoms with Crippen molar-refractivity contribution >= 4 is 18.1 Å². The van der Waals surface area contributed by atoms with E-state index >= 15 is 0 Å². The Hall–Kier alpha value is -2.75. The van der Waals surface area contributed by atoms with E-state index < -0.39 is 5.97 Å². The first kappa shape index (κ1) is 16.6. The van der Waals surface area contributed by atoms with Crippen LogP contribution in [0.1, 0.15) is 28.4 Å². The summed E-state index contributed by atoms with van der Waals surface area (Å²) in [5.41, 5.74) is 2.11. The molecule has 0 aliphatic rings. The van der Waals surface area contributed by atoms with Crippen LogP contribution in [0.25, 0.3) is 12.2 Å². The van der Waals surface area contributed by atoms with Crippen molar-refractivity contribution in [3.63, 3.8) is 0 Å². The summed E-state index contributed by atoms with van der Waals surface area (Å²) in [5.74, 6) is 0.629. The molecule has 120 valence electrons. The topological polar surface area (TPSA) is 44.8 Å². The van der Waals surface area contributed by atoms with E-state index in [4.69, 9.17) is 14.2 Å². The predicted octanol–water partition coefficient (Wildman–Crippen LogP) is 4.05. The van der Waals surface area contributed by atoms with Crippen LogP contribution < -0.4 is 9.47 Å². The van der Waals surface area contributed by atoms with Crippen LogP contribution in [0.4, 0.5) is 0 Å². The summed E-state index contributed by atoms with van der Waals surface area (Å²) in [6.45, 7) is 2.30. The lowest BCUT2D eigenvalue weighted by molar-refractivity contribution is 0.0596. The highest BCUT2D eigenvalue weighted by Gasteiger charge is 2.19. The van der Waals surface area contributed by atoms with Crippen molar-refractivity contribution in [2.45, 2.75) is 6.92 Å². The fourth-order valence-electron chi connectivity index (χ4n) is 2.20. The fourth-order valence-corrected chi connectivity index (χ4v) is 2.20. The van der Waals surface area contributed by atoms with Crippen molar-refractivity contribution in [3.8, 4) is 11.5 Å². The molecule has 0 bridgehead atoms. The van der Waals surface area contributed by atoms with Gasteiger partial charge in [0.1, 0.15) is 17.1 Å². The summed E-state index contributed by atoms with van der Waals surface area (Å²) in [5, 5.41) is 0. The second kappa shape index (κ2) is 8.03. The van der Waals surface area contributed by atoms with Gasteiger partial charge in [0.25, 0.3) is 0 Å². The zero-order chi connectivity index (χ0) is 16.7. The van der Waals surface area contributed by atoms with E-state index in [2.05, 4.69) is 0 Å². The normalized spacial score (nSPS) is 10.6. The maximum absolute atomic E-state index is 12.2. The Kier molecular flexibility index (Phi) is 5.80. The molecule has 0 spiro atoms. The number of carbonyl (C=O) groups is 1. The highest BCUT2D eigenvalue weighted by molar-refractivity contribution is 5.98. The largest absolute Gasteiger partial charge is 0.497 e. The first-order valence-electron chi connectivity index (χ1n) is 7.35. The van der Waals surface area contributed by atoms with Gasteiger partial charge in [-0.3, -0.25) is 0 Å². The molecule has 0 amide bonds. The molecule has 0 saturated carbocycles. The van der Waals surface area contributed by atoms with Crippen LogP contribution in [0.2, 0.25) is 0 Å². The van der Waals surface area contributed by atoms with E-state index in [9.17, 15) is 4.79 Å². The number of benzene rings is 2. The van der Waals surface area contributed by atoms with Crippen LogP contribution in [0.15, 0.2) is 42.5 Å². The number of esters is 1. The van der Waals surface area contributed by atoms with E-state index in [0.717, 1.165) is 5.56 Å². The lowest BCUT2D eigenvalue weighted by atomic mass is 10.0. The molecule has 0 radical (unpaired) electrons. The quantitative estimate of drug-likeness (QED) is 0.596. The summed E-state index contributed by atoms with van der Waals surface area (Å²) in [7, 11) is 2.93. The molecule has 2 rings (SSSR count). The molecule has 0 aliphatic carbocycles. The number of rotatable bonds is 6. The molecule has 4 nitrogen and oxygen atoms in total. The third kappa shape index (κ3) is 4.13. The number of ether oxygens (including phenoxy) is 3. The molecule has 4 heteroatoms. The van der Waals surface area contributed by atoms with Gasteiger partial charge >= 0.3 is 5.97 Å². The minimum Gasteiger partial charge on any atom is -0.497 e. The number of hydrogen-bond donors (Lipinski definition) is 0. The maximum Gasteiger partial charge on any atom is 0.342 e. The van der Waals surface area contributed by atoms with Crippen LogP contribution in [-0.2, 0) is 4.74 Å². The summed E-state index contributed by atoms with van der Waals surface area (Å²) in [6.07, 6.45) is 3.78. The highest BCUT2D eigenvalue weighted by Crippen LogP contribution is 2.31. The van der Waals surface area contributed by atoms with E-state index in [1.807, 2.05) is 49.4 Å². The van der Waals surface area contributed by atoms with Crippen LogP contribution in [-0.4, -0.2) is 26.8 Å². The van der Waals surface area contributed by atoms with Crippen LogP contribution >= 0.6 is 0 Å². The van der Waals surface area contributed by atoms with Crippen molar-refractivity contribution in [2.75, 3.05) is 20.8 Å². The van der Waals surface area contributed by atoms with Gasteiger partial charge in [-0.15, -0.1) is 0 Å². The number of methoxy groups -OCH3 is 2. The average Bonchev–Trinajstić information content (AvgIpc) is 2.60. The Balaban J connectivity index is 2.52. The number of hydrogen-bond acceptors (Lipinski definition) is 4. The Morgan fingerprint density at radius 2 is 1.83 bits per heavy atom. The van der Waals surface area contributed by atoms with Gasteiger partial charge in [-0.25, -0.2) is 4.79 Å². The average molecular weight is 312 g/mol. The van der Waals surface area contributed by atoms with E-state index in [0.29, 0.717) is 29.2 Å². The molecule has 23 heavy (non-hydrogen) atoms. The molecular formula is C19H20O4. The van der Waals surface area contributed by atoms with Crippen molar-refractivity contribution in [3.05, 3.63) is 59.2 Å².